The minimum atomic E-state index is -0.346. The summed E-state index contributed by atoms with van der Waals surface area (Å²) < 4.78 is 13.3. The second-order valence-electron chi connectivity index (χ2n) is 8.80. The van der Waals surface area contributed by atoms with Gasteiger partial charge in [0.25, 0.3) is 5.82 Å². The molecule has 1 saturated heterocycles. The molecule has 0 aromatic carbocycles. The fourth-order valence-electron chi connectivity index (χ4n) is 4.16. The monoisotopic (exact) mass is 448 g/mol. The molecule has 1 aliphatic rings. The van der Waals surface area contributed by atoms with Crippen LogP contribution in [0.2, 0.25) is 0 Å². The van der Waals surface area contributed by atoms with Gasteiger partial charge >= 0.3 is 5.69 Å². The fraction of sp³-hybridized carbons (Fsp3) is 0.458. The zero-order chi connectivity index (χ0) is 23.7. The molecule has 33 heavy (non-hydrogen) atoms. The molecule has 0 aliphatic carbocycles. The molecule has 172 valence electrons. The lowest BCUT2D eigenvalue weighted by Crippen LogP contribution is -2.50. The maximum absolute atomic E-state index is 12.5. The summed E-state index contributed by atoms with van der Waals surface area (Å²) in [6.45, 7) is 16.1. The highest BCUT2D eigenvalue weighted by atomic mass is 16.5. The number of ether oxygens (including phenoxy) is 2. The second-order valence-corrected chi connectivity index (χ2v) is 8.80. The van der Waals surface area contributed by atoms with Crippen LogP contribution in [0.3, 0.4) is 0 Å². The largest absolute Gasteiger partial charge is 0.489 e. The van der Waals surface area contributed by atoms with Crippen LogP contribution in [0.25, 0.3) is 15.9 Å². The summed E-state index contributed by atoms with van der Waals surface area (Å²) in [5.41, 5.74) is 0.871. The van der Waals surface area contributed by atoms with Gasteiger partial charge in [-0.1, -0.05) is 13.5 Å². The summed E-state index contributed by atoms with van der Waals surface area (Å²) in [6.07, 6.45) is 2.46. The molecule has 1 aliphatic heterocycles. The van der Waals surface area contributed by atoms with E-state index in [1.807, 2.05) is 26.0 Å². The lowest BCUT2D eigenvalue weighted by atomic mass is 9.91. The molecule has 4 heterocycles. The minimum absolute atomic E-state index is 0.0369. The van der Waals surface area contributed by atoms with Crippen molar-refractivity contribution in [2.45, 2.75) is 52.4 Å². The van der Waals surface area contributed by atoms with Gasteiger partial charge in [-0.25, -0.2) is 9.78 Å². The van der Waals surface area contributed by atoms with E-state index in [1.165, 1.54) is 4.57 Å². The molecule has 1 fully saturated rings. The van der Waals surface area contributed by atoms with Crippen molar-refractivity contribution in [1.82, 2.24) is 19.5 Å². The van der Waals surface area contributed by atoms with Crippen molar-refractivity contribution < 1.29 is 9.47 Å². The summed E-state index contributed by atoms with van der Waals surface area (Å²) in [5, 5.41) is 0. The predicted molar refractivity (Wildman–Crippen MR) is 126 cm³/mol. The van der Waals surface area contributed by atoms with Crippen LogP contribution in [-0.2, 0) is 7.05 Å². The van der Waals surface area contributed by atoms with Gasteiger partial charge in [0.1, 0.15) is 11.9 Å². The van der Waals surface area contributed by atoms with E-state index in [2.05, 4.69) is 38.5 Å². The highest BCUT2D eigenvalue weighted by Gasteiger charge is 2.35. The van der Waals surface area contributed by atoms with Crippen LogP contribution in [0.5, 0.6) is 11.6 Å². The first kappa shape index (κ1) is 22.5. The first-order chi connectivity index (χ1) is 15.8. The third-order valence-electron chi connectivity index (χ3n) is 5.89. The first-order valence-electron chi connectivity index (χ1n) is 11.1. The van der Waals surface area contributed by atoms with E-state index in [0.717, 1.165) is 6.42 Å². The number of aryl methyl sites for hydroxylation is 1. The number of hydrogen-bond donors (Lipinski definition) is 0. The summed E-state index contributed by atoms with van der Waals surface area (Å²) in [7, 11) is 1.66. The molecule has 9 heteroatoms. The van der Waals surface area contributed by atoms with Crippen molar-refractivity contribution >= 4 is 22.7 Å². The predicted octanol–water partition coefficient (Wildman–Crippen LogP) is 3.74. The molecule has 0 radical (unpaired) electrons. The van der Waals surface area contributed by atoms with E-state index in [-0.39, 0.29) is 35.7 Å². The van der Waals surface area contributed by atoms with E-state index >= 15 is 0 Å². The highest BCUT2D eigenvalue weighted by molar-refractivity contribution is 5.87. The van der Waals surface area contributed by atoms with Crippen molar-refractivity contribution in [2.24, 2.45) is 13.0 Å². The lowest BCUT2D eigenvalue weighted by molar-refractivity contribution is 0.102. The number of anilines is 1. The molecule has 0 amide bonds. The molecule has 3 aromatic rings. The quantitative estimate of drug-likeness (QED) is 0.550. The number of aromatic nitrogens is 4. The third kappa shape index (κ3) is 4.60. The van der Waals surface area contributed by atoms with Crippen LogP contribution in [0.1, 0.15) is 34.1 Å². The Bertz CT molecular complexity index is 1250. The maximum atomic E-state index is 12.5. The first-order valence-corrected chi connectivity index (χ1v) is 11.1. The Morgan fingerprint density at radius 3 is 2.64 bits per heavy atom. The number of fused-ring (bicyclic) bond motifs is 1. The van der Waals surface area contributed by atoms with Gasteiger partial charge in [-0.2, -0.15) is 4.98 Å². The second kappa shape index (κ2) is 9.06. The van der Waals surface area contributed by atoms with E-state index in [1.54, 1.807) is 25.4 Å². The summed E-state index contributed by atoms with van der Waals surface area (Å²) in [5.74, 6) is 2.22. The number of nitrogens with zero attached hydrogens (tertiary/aromatic N) is 6. The van der Waals surface area contributed by atoms with E-state index in [0.29, 0.717) is 35.0 Å². The van der Waals surface area contributed by atoms with Crippen LogP contribution in [0, 0.1) is 12.5 Å². The lowest BCUT2D eigenvalue weighted by Gasteiger charge is -2.41. The van der Waals surface area contributed by atoms with Gasteiger partial charge in [-0.15, -0.1) is 4.98 Å². The fourth-order valence-corrected chi connectivity index (χ4v) is 4.16. The summed E-state index contributed by atoms with van der Waals surface area (Å²) in [6, 6.07) is 7.12. The topological polar surface area (TPSA) is 86.7 Å². The molecule has 0 saturated carbocycles. The van der Waals surface area contributed by atoms with Gasteiger partial charge in [-0.3, -0.25) is 4.57 Å². The maximum Gasteiger partial charge on any atom is 0.350 e. The average Bonchev–Trinajstić information content (AvgIpc) is 2.79. The van der Waals surface area contributed by atoms with Crippen LogP contribution < -0.4 is 20.1 Å². The Morgan fingerprint density at radius 2 is 1.97 bits per heavy atom. The van der Waals surface area contributed by atoms with Gasteiger partial charge in [-0.05, 0) is 39.0 Å². The molecule has 1 unspecified atom stereocenters. The molecule has 4 rings (SSSR count). The molecule has 0 spiro atoms. The number of pyridine rings is 2. The van der Waals surface area contributed by atoms with E-state index < -0.39 is 0 Å². The number of hydrogen-bond acceptors (Lipinski definition) is 7. The molecule has 9 nitrogen and oxygen atoms in total. The van der Waals surface area contributed by atoms with Crippen LogP contribution in [0.4, 0.5) is 11.6 Å². The third-order valence-corrected chi connectivity index (χ3v) is 5.89. The average molecular weight is 449 g/mol. The molecule has 3 atom stereocenters. The van der Waals surface area contributed by atoms with Gasteiger partial charge < -0.3 is 19.2 Å². The zero-order valence-corrected chi connectivity index (χ0v) is 19.5. The Morgan fingerprint density at radius 1 is 1.18 bits per heavy atom. The molecular formula is C24H28N6O3. The summed E-state index contributed by atoms with van der Waals surface area (Å²) in [4.78, 5) is 31.3. The number of piperidine rings is 1. The van der Waals surface area contributed by atoms with Crippen molar-refractivity contribution in [2.75, 3.05) is 11.4 Å². The Kier molecular flexibility index (Phi) is 6.18. The van der Waals surface area contributed by atoms with Gasteiger partial charge in [0.05, 0.1) is 17.8 Å². The standard InChI is InChI=1S/C24H28N6O3/c1-14(2)32-17-7-10-21(26-12-17)33-19-11-16(4)30(13-15(19)3)23-22-18(29(6)24(31)28-23)8-9-20(25-5)27-22/h7-10,12,14-16,19H,11,13H2,1-4,6H3/t15-,16+,19?/m0/s1. The SMILES string of the molecule is [C-]#[N+]c1ccc2c(n1)c(N1C[C@H](C)C(Oc3ccc(OC(C)C)cn3)C[C@H]1C)nc(=O)n2C. The van der Waals surface area contributed by atoms with Crippen molar-refractivity contribution in [1.29, 1.82) is 0 Å². The Hall–Kier alpha value is -3.67. The van der Waals surface area contributed by atoms with E-state index in [4.69, 9.17) is 16.0 Å². The normalized spacial score (nSPS) is 20.6. The molecule has 0 N–H and O–H groups in total. The van der Waals surface area contributed by atoms with Gasteiger partial charge in [0, 0.05) is 38.0 Å². The zero-order valence-electron chi connectivity index (χ0n) is 19.5. The van der Waals surface area contributed by atoms with Crippen molar-refractivity contribution in [3.8, 4) is 11.6 Å². The van der Waals surface area contributed by atoms with Crippen LogP contribution in [0.15, 0.2) is 35.3 Å². The van der Waals surface area contributed by atoms with Crippen LogP contribution in [-0.4, -0.2) is 44.3 Å². The van der Waals surface area contributed by atoms with Crippen LogP contribution >= 0.6 is 0 Å². The smallest absolute Gasteiger partial charge is 0.350 e. The molecular weight excluding hydrogens is 420 g/mol. The Balaban J connectivity index is 1.57. The highest BCUT2D eigenvalue weighted by Crippen LogP contribution is 2.32. The molecule has 3 aromatic heterocycles. The minimum Gasteiger partial charge on any atom is -0.489 e. The number of rotatable bonds is 5. The Labute approximate surface area is 192 Å². The summed E-state index contributed by atoms with van der Waals surface area (Å²) >= 11 is 0. The van der Waals surface area contributed by atoms with E-state index in [9.17, 15) is 4.79 Å². The molecule has 0 bridgehead atoms. The van der Waals surface area contributed by atoms with Gasteiger partial charge in [0.2, 0.25) is 11.4 Å². The van der Waals surface area contributed by atoms with Crippen molar-refractivity contribution in [3.05, 3.63) is 52.4 Å². The van der Waals surface area contributed by atoms with Crippen molar-refractivity contribution in [3.63, 3.8) is 0 Å². The van der Waals surface area contributed by atoms with Gasteiger partial charge in [0.15, 0.2) is 5.82 Å².